The van der Waals surface area contributed by atoms with Crippen LogP contribution < -0.4 is 11.1 Å². The fraction of sp³-hybridized carbons (Fsp3) is 0.294. The molecule has 0 aliphatic carbocycles. The molecule has 2 aromatic rings. The van der Waals surface area contributed by atoms with Crippen LogP contribution in [0.1, 0.15) is 19.4 Å². The van der Waals surface area contributed by atoms with Gasteiger partial charge in [-0.05, 0) is 41.7 Å². The average molecular weight is 317 g/mol. The number of aliphatic imine (C=N–C) groups is 1. The predicted molar refractivity (Wildman–Crippen MR) is 93.3 cm³/mol. The van der Waals surface area contributed by atoms with E-state index in [1.54, 1.807) is 6.20 Å². The van der Waals surface area contributed by atoms with Crippen molar-refractivity contribution in [2.24, 2.45) is 16.1 Å². The highest BCUT2D eigenvalue weighted by atomic mass is 35.5. The molecule has 0 radical (unpaired) electrons. The lowest BCUT2D eigenvalue weighted by atomic mass is 9.86. The molecule has 4 nitrogen and oxygen atoms in total. The van der Waals surface area contributed by atoms with E-state index < -0.39 is 0 Å². The van der Waals surface area contributed by atoms with E-state index in [-0.39, 0.29) is 5.41 Å². The zero-order chi connectivity index (χ0) is 16.0. The highest BCUT2D eigenvalue weighted by Gasteiger charge is 2.18. The van der Waals surface area contributed by atoms with E-state index in [4.69, 9.17) is 17.3 Å². The van der Waals surface area contributed by atoms with Crippen LogP contribution in [0, 0.1) is 5.41 Å². The van der Waals surface area contributed by atoms with E-state index in [9.17, 15) is 0 Å². The zero-order valence-electron chi connectivity index (χ0n) is 12.9. The molecular weight excluding hydrogens is 296 g/mol. The summed E-state index contributed by atoms with van der Waals surface area (Å²) in [5, 5.41) is 3.74. The molecule has 3 N–H and O–H groups in total. The second-order valence-corrected chi connectivity index (χ2v) is 6.45. The van der Waals surface area contributed by atoms with Crippen molar-refractivity contribution in [3.63, 3.8) is 0 Å². The van der Waals surface area contributed by atoms with Gasteiger partial charge in [0.15, 0.2) is 5.96 Å². The monoisotopic (exact) mass is 316 g/mol. The van der Waals surface area contributed by atoms with E-state index in [0.717, 1.165) is 11.4 Å². The molecule has 0 bridgehead atoms. The first-order valence-corrected chi connectivity index (χ1v) is 7.55. The van der Waals surface area contributed by atoms with Crippen LogP contribution in [0.4, 0.5) is 5.82 Å². The minimum atomic E-state index is -0.0128. The smallest absolute Gasteiger partial charge is 0.194 e. The van der Waals surface area contributed by atoms with Crippen LogP contribution in [-0.4, -0.2) is 17.5 Å². The van der Waals surface area contributed by atoms with Crippen LogP contribution in [0.2, 0.25) is 5.02 Å². The predicted octanol–water partition coefficient (Wildman–Crippen LogP) is 3.73. The maximum absolute atomic E-state index is 6.03. The standard InChI is InChI=1S/C17H21ClN4/c1-17(2,11-13-6-5-7-14(18)10-13)12-21-16(19)22-15-8-3-4-9-20-15/h3-10H,11-12H2,1-2H3,(H3,19,20,21,22). The molecule has 0 amide bonds. The van der Waals surface area contributed by atoms with E-state index in [0.29, 0.717) is 18.3 Å². The van der Waals surface area contributed by atoms with Crippen LogP contribution in [0.15, 0.2) is 53.7 Å². The normalized spacial score (nSPS) is 12.2. The molecule has 116 valence electrons. The van der Waals surface area contributed by atoms with Gasteiger partial charge >= 0.3 is 0 Å². The Morgan fingerprint density at radius 2 is 2.09 bits per heavy atom. The fourth-order valence-corrected chi connectivity index (χ4v) is 2.37. The molecule has 0 saturated carbocycles. The number of halogens is 1. The van der Waals surface area contributed by atoms with Gasteiger partial charge in [-0.2, -0.15) is 0 Å². The van der Waals surface area contributed by atoms with Gasteiger partial charge in [0.2, 0.25) is 0 Å². The maximum Gasteiger partial charge on any atom is 0.194 e. The Kier molecular flexibility index (Phi) is 5.39. The second kappa shape index (κ2) is 7.27. The maximum atomic E-state index is 6.03. The third-order valence-corrected chi connectivity index (χ3v) is 3.41. The number of benzene rings is 1. The molecule has 0 atom stereocenters. The van der Waals surface area contributed by atoms with Crippen molar-refractivity contribution < 1.29 is 0 Å². The second-order valence-electron chi connectivity index (χ2n) is 6.01. The lowest BCUT2D eigenvalue weighted by Gasteiger charge is -2.22. The summed E-state index contributed by atoms with van der Waals surface area (Å²) < 4.78 is 0. The molecule has 0 aliphatic rings. The van der Waals surface area contributed by atoms with E-state index in [1.165, 1.54) is 5.56 Å². The Morgan fingerprint density at radius 1 is 1.27 bits per heavy atom. The number of nitrogens with zero attached hydrogens (tertiary/aromatic N) is 2. The summed E-state index contributed by atoms with van der Waals surface area (Å²) in [5.74, 6) is 1.06. The number of aromatic nitrogens is 1. The lowest BCUT2D eigenvalue weighted by Crippen LogP contribution is -2.27. The molecule has 1 aromatic carbocycles. The van der Waals surface area contributed by atoms with Crippen molar-refractivity contribution >= 4 is 23.4 Å². The number of hydrogen-bond donors (Lipinski definition) is 2. The summed E-state index contributed by atoms with van der Waals surface area (Å²) in [6.07, 6.45) is 2.59. The SMILES string of the molecule is CC(C)(CN=C(N)Nc1ccccn1)Cc1cccc(Cl)c1. The van der Waals surface area contributed by atoms with Crippen molar-refractivity contribution in [3.8, 4) is 0 Å². The minimum Gasteiger partial charge on any atom is -0.370 e. The number of hydrogen-bond acceptors (Lipinski definition) is 2. The Balaban J connectivity index is 1.94. The summed E-state index contributed by atoms with van der Waals surface area (Å²) in [6, 6.07) is 13.5. The molecule has 22 heavy (non-hydrogen) atoms. The van der Waals surface area contributed by atoms with Gasteiger partial charge in [-0.15, -0.1) is 0 Å². The van der Waals surface area contributed by atoms with Gasteiger partial charge < -0.3 is 11.1 Å². The molecule has 0 aliphatic heterocycles. The van der Waals surface area contributed by atoms with Crippen molar-refractivity contribution in [1.29, 1.82) is 0 Å². The Hall–Kier alpha value is -2.07. The van der Waals surface area contributed by atoms with Crippen LogP contribution in [-0.2, 0) is 6.42 Å². The number of rotatable bonds is 5. The van der Waals surface area contributed by atoms with Gasteiger partial charge in [0, 0.05) is 17.8 Å². The van der Waals surface area contributed by atoms with Crippen molar-refractivity contribution in [3.05, 3.63) is 59.2 Å². The molecule has 0 saturated heterocycles. The summed E-state index contributed by atoms with van der Waals surface area (Å²) in [5.41, 5.74) is 7.09. The van der Waals surface area contributed by atoms with Crippen LogP contribution in [0.3, 0.4) is 0 Å². The number of pyridine rings is 1. The highest BCUT2D eigenvalue weighted by molar-refractivity contribution is 6.30. The third-order valence-electron chi connectivity index (χ3n) is 3.17. The number of anilines is 1. The molecular formula is C17H21ClN4. The van der Waals surface area contributed by atoms with Crippen molar-refractivity contribution in [1.82, 2.24) is 4.98 Å². The van der Waals surface area contributed by atoms with Gasteiger partial charge in [0.05, 0.1) is 0 Å². The van der Waals surface area contributed by atoms with Crippen molar-refractivity contribution in [2.75, 3.05) is 11.9 Å². The number of guanidine groups is 1. The van der Waals surface area contributed by atoms with E-state index >= 15 is 0 Å². The van der Waals surface area contributed by atoms with E-state index in [2.05, 4.69) is 35.2 Å². The zero-order valence-corrected chi connectivity index (χ0v) is 13.6. The molecule has 2 rings (SSSR count). The largest absolute Gasteiger partial charge is 0.370 e. The van der Waals surface area contributed by atoms with Crippen LogP contribution >= 0.6 is 11.6 Å². The number of nitrogens with one attached hydrogen (secondary N) is 1. The summed E-state index contributed by atoms with van der Waals surface area (Å²) >= 11 is 6.03. The Bertz CT molecular complexity index is 638. The van der Waals surface area contributed by atoms with Crippen LogP contribution in [0.5, 0.6) is 0 Å². The first kappa shape index (κ1) is 16.3. The third kappa shape index (κ3) is 5.37. The Morgan fingerprint density at radius 3 is 2.77 bits per heavy atom. The fourth-order valence-electron chi connectivity index (χ4n) is 2.16. The van der Waals surface area contributed by atoms with Gasteiger partial charge in [-0.25, -0.2) is 4.98 Å². The quantitative estimate of drug-likeness (QED) is 0.652. The summed E-state index contributed by atoms with van der Waals surface area (Å²) in [6.45, 7) is 4.93. The molecule has 0 fully saturated rings. The molecule has 1 heterocycles. The molecule has 5 heteroatoms. The topological polar surface area (TPSA) is 63.3 Å². The van der Waals surface area contributed by atoms with Gasteiger partial charge in [-0.3, -0.25) is 4.99 Å². The molecule has 1 aromatic heterocycles. The summed E-state index contributed by atoms with van der Waals surface area (Å²) in [4.78, 5) is 8.57. The lowest BCUT2D eigenvalue weighted by molar-refractivity contribution is 0.378. The number of nitrogens with two attached hydrogens (primary N) is 1. The summed E-state index contributed by atoms with van der Waals surface area (Å²) in [7, 11) is 0. The van der Waals surface area contributed by atoms with E-state index in [1.807, 2.05) is 36.4 Å². The van der Waals surface area contributed by atoms with Crippen LogP contribution in [0.25, 0.3) is 0 Å². The average Bonchev–Trinajstić information content (AvgIpc) is 2.46. The first-order chi connectivity index (χ1) is 10.4. The van der Waals surface area contributed by atoms with Gasteiger partial charge in [0.25, 0.3) is 0 Å². The van der Waals surface area contributed by atoms with Crippen molar-refractivity contribution in [2.45, 2.75) is 20.3 Å². The first-order valence-electron chi connectivity index (χ1n) is 7.17. The van der Waals surface area contributed by atoms with Gasteiger partial charge in [-0.1, -0.05) is 43.6 Å². The minimum absolute atomic E-state index is 0.0128. The van der Waals surface area contributed by atoms with Gasteiger partial charge in [0.1, 0.15) is 5.82 Å². The Labute approximate surface area is 136 Å². The molecule has 0 spiro atoms. The highest BCUT2D eigenvalue weighted by Crippen LogP contribution is 2.23. The molecule has 0 unspecified atom stereocenters.